The number of aromatic nitrogens is 1. The number of rotatable bonds is 1. The molecule has 0 radical (unpaired) electrons. The number of fused-ring (bicyclic) bond motifs is 1. The number of carbonyl (C=O) groups is 1. The van der Waals surface area contributed by atoms with Crippen LogP contribution in [-0.2, 0) is 4.74 Å². The van der Waals surface area contributed by atoms with Crippen LogP contribution in [0.5, 0.6) is 0 Å². The van der Waals surface area contributed by atoms with Crippen LogP contribution in [0.1, 0.15) is 10.4 Å². The molecule has 0 bridgehead atoms. The van der Waals surface area contributed by atoms with E-state index < -0.39 is 0 Å². The molecule has 5 heteroatoms. The number of ether oxygens (including phenoxy) is 1. The average molecular weight is 208 g/mol. The van der Waals surface area contributed by atoms with Crippen molar-refractivity contribution >= 4 is 33.2 Å². The van der Waals surface area contributed by atoms with Crippen molar-refractivity contribution in [2.45, 2.75) is 0 Å². The van der Waals surface area contributed by atoms with Crippen LogP contribution in [0.25, 0.3) is 10.1 Å². The zero-order valence-corrected chi connectivity index (χ0v) is 8.30. The first kappa shape index (κ1) is 8.96. The van der Waals surface area contributed by atoms with E-state index in [2.05, 4.69) is 9.72 Å². The maximum Gasteiger partial charge on any atom is 0.340 e. The van der Waals surface area contributed by atoms with E-state index in [0.29, 0.717) is 11.4 Å². The topological polar surface area (TPSA) is 65.2 Å². The molecule has 2 heterocycles. The van der Waals surface area contributed by atoms with Gasteiger partial charge in [0.05, 0.1) is 17.4 Å². The van der Waals surface area contributed by atoms with Crippen LogP contribution in [0.3, 0.4) is 0 Å². The largest absolute Gasteiger partial charge is 0.465 e. The Labute approximate surface area is 84.3 Å². The molecule has 0 aliphatic rings. The predicted octanol–water partition coefficient (Wildman–Crippen LogP) is 1.67. The van der Waals surface area contributed by atoms with Crippen molar-refractivity contribution in [3.05, 3.63) is 23.2 Å². The zero-order valence-electron chi connectivity index (χ0n) is 7.48. The van der Waals surface area contributed by atoms with Crippen LogP contribution in [0.4, 0.5) is 5.82 Å². The first-order valence-corrected chi connectivity index (χ1v) is 4.82. The fourth-order valence-electron chi connectivity index (χ4n) is 1.24. The second kappa shape index (κ2) is 3.26. The van der Waals surface area contributed by atoms with Gasteiger partial charge in [-0.2, -0.15) is 0 Å². The summed E-state index contributed by atoms with van der Waals surface area (Å²) in [5.74, 6) is 0.0545. The van der Waals surface area contributed by atoms with Gasteiger partial charge >= 0.3 is 5.97 Å². The summed E-state index contributed by atoms with van der Waals surface area (Å²) in [4.78, 5) is 15.3. The Morgan fingerprint density at radius 1 is 1.64 bits per heavy atom. The van der Waals surface area contributed by atoms with Crippen LogP contribution < -0.4 is 5.73 Å². The third-order valence-electron chi connectivity index (χ3n) is 1.92. The molecule has 2 aromatic rings. The van der Waals surface area contributed by atoms with Crippen molar-refractivity contribution in [3.8, 4) is 0 Å². The van der Waals surface area contributed by atoms with Gasteiger partial charge in [0.1, 0.15) is 5.82 Å². The number of nitrogens with two attached hydrogens (primary N) is 1. The van der Waals surface area contributed by atoms with Crippen molar-refractivity contribution in [1.82, 2.24) is 4.98 Å². The maximum absolute atomic E-state index is 11.3. The summed E-state index contributed by atoms with van der Waals surface area (Å²) in [6.45, 7) is 0. The minimum atomic E-state index is -0.384. The highest BCUT2D eigenvalue weighted by Crippen LogP contribution is 2.28. The molecule has 0 aromatic carbocycles. The number of carbonyl (C=O) groups excluding carboxylic acids is 1. The average Bonchev–Trinajstić information content (AvgIpc) is 2.67. The Hall–Kier alpha value is -1.62. The molecule has 0 aliphatic heterocycles. The molecule has 2 aromatic heterocycles. The molecule has 0 amide bonds. The zero-order chi connectivity index (χ0) is 10.1. The third-order valence-corrected chi connectivity index (χ3v) is 2.87. The SMILES string of the molecule is COC(=O)c1cnc(N)c2ccsc12. The van der Waals surface area contributed by atoms with E-state index in [4.69, 9.17) is 5.73 Å². The summed E-state index contributed by atoms with van der Waals surface area (Å²) in [7, 11) is 1.35. The van der Waals surface area contributed by atoms with Gasteiger partial charge in [-0.1, -0.05) is 0 Å². The van der Waals surface area contributed by atoms with Crippen molar-refractivity contribution in [1.29, 1.82) is 0 Å². The number of methoxy groups -OCH3 is 1. The Balaban J connectivity index is 2.72. The maximum atomic E-state index is 11.3. The molecular weight excluding hydrogens is 200 g/mol. The Morgan fingerprint density at radius 2 is 2.43 bits per heavy atom. The normalized spacial score (nSPS) is 10.4. The van der Waals surface area contributed by atoms with Gasteiger partial charge in [-0.25, -0.2) is 9.78 Å². The minimum absolute atomic E-state index is 0.384. The van der Waals surface area contributed by atoms with Crippen molar-refractivity contribution < 1.29 is 9.53 Å². The van der Waals surface area contributed by atoms with Crippen LogP contribution in [-0.4, -0.2) is 18.1 Å². The standard InChI is InChI=1S/C9H8N2O2S/c1-13-9(12)6-4-11-8(10)5-2-3-14-7(5)6/h2-4H,1H3,(H2,10,11). The van der Waals surface area contributed by atoms with Crippen LogP contribution >= 0.6 is 11.3 Å². The molecule has 0 saturated carbocycles. The Morgan fingerprint density at radius 3 is 3.14 bits per heavy atom. The van der Waals surface area contributed by atoms with Gasteiger partial charge in [-0.15, -0.1) is 11.3 Å². The van der Waals surface area contributed by atoms with Crippen LogP contribution in [0, 0.1) is 0 Å². The van der Waals surface area contributed by atoms with Crippen molar-refractivity contribution in [3.63, 3.8) is 0 Å². The fourth-order valence-corrected chi connectivity index (χ4v) is 2.14. The van der Waals surface area contributed by atoms with E-state index in [0.717, 1.165) is 10.1 Å². The summed E-state index contributed by atoms with van der Waals surface area (Å²) < 4.78 is 5.46. The molecule has 14 heavy (non-hydrogen) atoms. The molecule has 0 atom stereocenters. The summed E-state index contributed by atoms with van der Waals surface area (Å²) in [6, 6.07) is 1.84. The number of anilines is 1. The number of esters is 1. The molecular formula is C9H8N2O2S. The smallest absolute Gasteiger partial charge is 0.340 e. The number of thiophene rings is 1. The van der Waals surface area contributed by atoms with Gasteiger partial charge in [0.2, 0.25) is 0 Å². The lowest BCUT2D eigenvalue weighted by molar-refractivity contribution is 0.0603. The second-order valence-electron chi connectivity index (χ2n) is 2.71. The Bertz CT molecular complexity index is 493. The number of hydrogen-bond acceptors (Lipinski definition) is 5. The highest BCUT2D eigenvalue weighted by atomic mass is 32.1. The van der Waals surface area contributed by atoms with Crippen molar-refractivity contribution in [2.24, 2.45) is 0 Å². The van der Waals surface area contributed by atoms with Gasteiger partial charge in [0.25, 0.3) is 0 Å². The molecule has 0 unspecified atom stereocenters. The first-order chi connectivity index (χ1) is 6.74. The lowest BCUT2D eigenvalue weighted by Crippen LogP contribution is -2.03. The lowest BCUT2D eigenvalue weighted by atomic mass is 10.2. The van der Waals surface area contributed by atoms with Gasteiger partial charge < -0.3 is 10.5 Å². The minimum Gasteiger partial charge on any atom is -0.465 e. The monoisotopic (exact) mass is 208 g/mol. The summed E-state index contributed by atoms with van der Waals surface area (Å²) >= 11 is 1.45. The molecule has 0 aliphatic carbocycles. The number of pyridine rings is 1. The van der Waals surface area contributed by atoms with Gasteiger partial charge in [0.15, 0.2) is 0 Å². The molecule has 0 saturated heterocycles. The lowest BCUT2D eigenvalue weighted by Gasteiger charge is -2.01. The molecule has 2 N–H and O–H groups in total. The summed E-state index contributed by atoms with van der Waals surface area (Å²) in [6.07, 6.45) is 1.44. The molecule has 4 nitrogen and oxygen atoms in total. The van der Waals surface area contributed by atoms with Gasteiger partial charge in [0, 0.05) is 11.6 Å². The van der Waals surface area contributed by atoms with Gasteiger partial charge in [-0.05, 0) is 11.4 Å². The summed E-state index contributed by atoms with van der Waals surface area (Å²) in [5.41, 5.74) is 6.12. The number of hydrogen-bond donors (Lipinski definition) is 1. The number of nitrogens with zero attached hydrogens (tertiary/aromatic N) is 1. The molecule has 0 spiro atoms. The van der Waals surface area contributed by atoms with E-state index in [-0.39, 0.29) is 5.97 Å². The van der Waals surface area contributed by atoms with E-state index in [1.807, 2.05) is 11.4 Å². The van der Waals surface area contributed by atoms with E-state index in [1.54, 1.807) is 0 Å². The summed E-state index contributed by atoms with van der Waals surface area (Å²) in [5, 5.41) is 2.67. The number of nitrogen functional groups attached to an aromatic ring is 1. The quantitative estimate of drug-likeness (QED) is 0.724. The highest BCUT2D eigenvalue weighted by molar-refractivity contribution is 7.17. The van der Waals surface area contributed by atoms with E-state index in [1.165, 1.54) is 24.6 Å². The van der Waals surface area contributed by atoms with Crippen LogP contribution in [0.2, 0.25) is 0 Å². The Kier molecular flexibility index (Phi) is 2.09. The fraction of sp³-hybridized carbons (Fsp3) is 0.111. The van der Waals surface area contributed by atoms with Crippen LogP contribution in [0.15, 0.2) is 17.6 Å². The molecule has 72 valence electrons. The van der Waals surface area contributed by atoms with Gasteiger partial charge in [-0.3, -0.25) is 0 Å². The van der Waals surface area contributed by atoms with Crippen molar-refractivity contribution in [2.75, 3.05) is 12.8 Å². The first-order valence-electron chi connectivity index (χ1n) is 3.94. The van der Waals surface area contributed by atoms with E-state index in [9.17, 15) is 4.79 Å². The third kappa shape index (κ3) is 1.22. The highest BCUT2D eigenvalue weighted by Gasteiger charge is 2.13. The molecule has 0 fully saturated rings. The second-order valence-corrected chi connectivity index (χ2v) is 3.63. The van der Waals surface area contributed by atoms with E-state index >= 15 is 0 Å². The molecule has 2 rings (SSSR count). The predicted molar refractivity (Wildman–Crippen MR) is 55.4 cm³/mol.